The minimum atomic E-state index is -0.654. The summed E-state index contributed by atoms with van der Waals surface area (Å²) in [6.45, 7) is 11.6. The van der Waals surface area contributed by atoms with Gasteiger partial charge in [0.15, 0.2) is 0 Å². The molecular weight excluding hydrogens is 580 g/mol. The number of aliphatic hydroxyl groups excluding tert-OH is 2. The molecule has 0 bridgehead atoms. The second-order valence-electron chi connectivity index (χ2n) is 11.8. The molecule has 0 fully saturated rings. The van der Waals surface area contributed by atoms with Crippen molar-refractivity contribution in [2.45, 2.75) is 51.9 Å². The molecule has 0 radical (unpaired) electrons. The van der Waals surface area contributed by atoms with E-state index in [4.69, 9.17) is 0 Å². The van der Waals surface area contributed by atoms with Gasteiger partial charge in [0.25, 0.3) is 0 Å². The summed E-state index contributed by atoms with van der Waals surface area (Å²) < 4.78 is 0. The largest absolute Gasteiger partial charge is 0.509 e. The maximum Gasteiger partial charge on any atom is 0.119 e. The Morgan fingerprint density at radius 3 is 1.89 bits per heavy atom. The molecule has 0 spiro atoms. The van der Waals surface area contributed by atoms with Crippen molar-refractivity contribution in [3.05, 3.63) is 168 Å². The predicted octanol–water partition coefficient (Wildman–Crippen LogP) is 11.5. The van der Waals surface area contributed by atoms with Crippen molar-refractivity contribution in [2.24, 2.45) is 5.92 Å². The normalized spacial score (nSPS) is 14.0. The number of phenolic OH excluding ortho intramolecular Hbond substituents is 2. The molecule has 242 valence electrons. The summed E-state index contributed by atoms with van der Waals surface area (Å²) in [4.78, 5) is 0. The average molecular weight is 627 g/mol. The summed E-state index contributed by atoms with van der Waals surface area (Å²) >= 11 is 0. The minimum Gasteiger partial charge on any atom is -0.509 e. The zero-order valence-electron chi connectivity index (χ0n) is 27.8. The van der Waals surface area contributed by atoms with E-state index in [9.17, 15) is 20.4 Å². The van der Waals surface area contributed by atoms with Crippen LogP contribution < -0.4 is 0 Å². The number of rotatable bonds is 13. The maximum absolute atomic E-state index is 11.7. The molecule has 4 nitrogen and oxygen atoms in total. The Kier molecular flexibility index (Phi) is 11.7. The van der Waals surface area contributed by atoms with Crippen molar-refractivity contribution in [1.29, 1.82) is 0 Å². The fourth-order valence-corrected chi connectivity index (χ4v) is 6.58. The van der Waals surface area contributed by atoms with E-state index in [1.165, 1.54) is 0 Å². The van der Waals surface area contributed by atoms with Gasteiger partial charge in [0.2, 0.25) is 0 Å². The van der Waals surface area contributed by atoms with Gasteiger partial charge < -0.3 is 20.4 Å². The molecule has 2 unspecified atom stereocenters. The number of phenols is 2. The van der Waals surface area contributed by atoms with Gasteiger partial charge in [-0.3, -0.25) is 0 Å². The fourth-order valence-electron chi connectivity index (χ4n) is 6.58. The van der Waals surface area contributed by atoms with Crippen molar-refractivity contribution in [3.63, 3.8) is 0 Å². The summed E-state index contributed by atoms with van der Waals surface area (Å²) in [5, 5.41) is 43.1. The zero-order chi connectivity index (χ0) is 34.0. The van der Waals surface area contributed by atoms with Gasteiger partial charge in [0.1, 0.15) is 23.0 Å². The fraction of sp³-hybridized carbons (Fsp3) is 0.209. The van der Waals surface area contributed by atoms with Crippen LogP contribution in [0.5, 0.6) is 11.5 Å². The van der Waals surface area contributed by atoms with Crippen LogP contribution in [0.15, 0.2) is 157 Å². The predicted molar refractivity (Wildman–Crippen MR) is 196 cm³/mol. The standard InChI is InChI=1S/C43H46O4/c1-6-13-31(17-16-30(5)44)28-38(40(46)7-2)42(35-20-18-33(19-21-35)32-14-11-10-12-15-32)43(8-3,9-4)39-29-36(24-27-41(39)47)34-22-25-37(45)26-23-34/h6-7,10-29,31,42,44-47H,5,8-9H2,1-4H3/b13-6+,17-16-,38-28+,40-7+. The van der Waals surface area contributed by atoms with E-state index in [1.807, 2.05) is 80.6 Å². The third-order valence-electron chi connectivity index (χ3n) is 9.08. The first kappa shape index (κ1) is 34.6. The van der Waals surface area contributed by atoms with Crippen molar-refractivity contribution >= 4 is 0 Å². The molecule has 4 rings (SSSR count). The molecule has 0 aliphatic heterocycles. The first-order valence-corrected chi connectivity index (χ1v) is 16.2. The molecule has 2 atom stereocenters. The van der Waals surface area contributed by atoms with Crippen molar-refractivity contribution < 1.29 is 20.4 Å². The molecule has 0 amide bonds. The lowest BCUT2D eigenvalue weighted by Crippen LogP contribution is -2.35. The van der Waals surface area contributed by atoms with E-state index in [1.54, 1.807) is 30.4 Å². The molecule has 4 aromatic rings. The summed E-state index contributed by atoms with van der Waals surface area (Å²) in [6, 6.07) is 31.4. The first-order chi connectivity index (χ1) is 22.7. The molecule has 4 heteroatoms. The van der Waals surface area contributed by atoms with Gasteiger partial charge in [-0.1, -0.05) is 118 Å². The topological polar surface area (TPSA) is 80.9 Å². The molecule has 0 heterocycles. The quantitative estimate of drug-likeness (QED) is 0.0676. The van der Waals surface area contributed by atoms with Crippen molar-refractivity contribution in [2.75, 3.05) is 0 Å². The Hall–Kier alpha value is -5.22. The van der Waals surface area contributed by atoms with Crippen LogP contribution in [0.2, 0.25) is 0 Å². The highest BCUT2D eigenvalue weighted by Gasteiger charge is 2.43. The van der Waals surface area contributed by atoms with Gasteiger partial charge in [-0.25, -0.2) is 0 Å². The van der Waals surface area contributed by atoms with Crippen LogP contribution >= 0.6 is 0 Å². The smallest absolute Gasteiger partial charge is 0.119 e. The van der Waals surface area contributed by atoms with Crippen LogP contribution in [0.3, 0.4) is 0 Å². The highest BCUT2D eigenvalue weighted by Crippen LogP contribution is 2.53. The van der Waals surface area contributed by atoms with Crippen LogP contribution in [0.4, 0.5) is 0 Å². The molecule has 0 aliphatic carbocycles. The molecule has 0 saturated heterocycles. The van der Waals surface area contributed by atoms with Crippen LogP contribution in [-0.2, 0) is 5.41 Å². The highest BCUT2D eigenvalue weighted by molar-refractivity contribution is 5.68. The highest BCUT2D eigenvalue weighted by atomic mass is 16.3. The Morgan fingerprint density at radius 1 is 0.745 bits per heavy atom. The van der Waals surface area contributed by atoms with E-state index in [0.29, 0.717) is 12.8 Å². The minimum absolute atomic E-state index is 0.0507. The third kappa shape index (κ3) is 7.96. The van der Waals surface area contributed by atoms with Gasteiger partial charge >= 0.3 is 0 Å². The molecule has 4 aromatic carbocycles. The van der Waals surface area contributed by atoms with Crippen LogP contribution in [0.25, 0.3) is 22.3 Å². The molecular formula is C43H46O4. The maximum atomic E-state index is 11.7. The Labute approximate surface area is 279 Å². The first-order valence-electron chi connectivity index (χ1n) is 16.2. The van der Waals surface area contributed by atoms with E-state index in [-0.39, 0.29) is 34.9 Å². The molecule has 4 N–H and O–H groups in total. The number of aliphatic hydroxyl groups is 2. The summed E-state index contributed by atoms with van der Waals surface area (Å²) in [5.74, 6) is -0.163. The van der Waals surface area contributed by atoms with Crippen LogP contribution in [0, 0.1) is 5.92 Å². The third-order valence-corrected chi connectivity index (χ3v) is 9.08. The summed E-state index contributed by atoms with van der Waals surface area (Å²) in [7, 11) is 0. The Balaban J connectivity index is 2.04. The molecule has 0 saturated carbocycles. The number of aromatic hydroxyl groups is 2. The second-order valence-corrected chi connectivity index (χ2v) is 11.8. The van der Waals surface area contributed by atoms with Gasteiger partial charge in [-0.15, -0.1) is 0 Å². The van der Waals surface area contributed by atoms with Gasteiger partial charge in [0, 0.05) is 22.8 Å². The van der Waals surface area contributed by atoms with E-state index >= 15 is 0 Å². The lowest BCUT2D eigenvalue weighted by molar-refractivity contribution is 0.313. The number of hydrogen-bond donors (Lipinski definition) is 4. The monoisotopic (exact) mass is 626 g/mol. The van der Waals surface area contributed by atoms with E-state index in [0.717, 1.165) is 39.0 Å². The Bertz CT molecular complexity index is 1750. The van der Waals surface area contributed by atoms with Crippen molar-refractivity contribution in [3.8, 4) is 33.8 Å². The molecule has 0 aromatic heterocycles. The van der Waals surface area contributed by atoms with E-state index < -0.39 is 5.41 Å². The molecule has 47 heavy (non-hydrogen) atoms. The number of benzene rings is 4. The zero-order valence-corrected chi connectivity index (χ0v) is 27.8. The van der Waals surface area contributed by atoms with Gasteiger partial charge in [0.05, 0.1) is 0 Å². The van der Waals surface area contributed by atoms with Gasteiger partial charge in [-0.2, -0.15) is 0 Å². The molecule has 0 aliphatic rings. The summed E-state index contributed by atoms with van der Waals surface area (Å²) in [6.07, 6.45) is 12.4. The number of allylic oxidation sites excluding steroid dienone is 7. The second kappa shape index (κ2) is 15.9. The lowest BCUT2D eigenvalue weighted by atomic mass is 9.60. The SMILES string of the molecule is C=C(O)/C=C\C(/C=C(\C(O)=C/C)C(c1ccc(-c2ccccc2)cc1)C(CC)(CC)c1cc(-c2ccc(O)cc2)ccc1O)/C=C/C. The lowest BCUT2D eigenvalue weighted by Gasteiger charge is -2.43. The average Bonchev–Trinajstić information content (AvgIpc) is 3.10. The van der Waals surface area contributed by atoms with E-state index in [2.05, 4.69) is 56.8 Å². The van der Waals surface area contributed by atoms with Crippen LogP contribution in [-0.4, -0.2) is 20.4 Å². The van der Waals surface area contributed by atoms with Crippen molar-refractivity contribution in [1.82, 2.24) is 0 Å². The van der Waals surface area contributed by atoms with Gasteiger partial charge in [-0.05, 0) is 96.5 Å². The summed E-state index contributed by atoms with van der Waals surface area (Å²) in [5.41, 5.74) is 5.87. The Morgan fingerprint density at radius 2 is 1.32 bits per heavy atom. The van der Waals surface area contributed by atoms with Crippen LogP contribution in [0.1, 0.15) is 57.6 Å². The number of hydrogen-bond acceptors (Lipinski definition) is 4.